The van der Waals surface area contributed by atoms with Crippen molar-refractivity contribution in [2.24, 2.45) is 17.6 Å². The van der Waals surface area contributed by atoms with Gasteiger partial charge in [-0.15, -0.1) is 6.58 Å². The molecule has 2 atom stereocenters. The Morgan fingerprint density at radius 2 is 2.22 bits per heavy atom. The normalized spacial score (nSPS) is 25.1. The zero-order valence-electron chi connectivity index (χ0n) is 6.01. The molecule has 1 heteroatoms. The van der Waals surface area contributed by atoms with Gasteiger partial charge in [-0.05, 0) is 24.7 Å². The predicted molar refractivity (Wildman–Crippen MR) is 40.1 cm³/mol. The van der Waals surface area contributed by atoms with E-state index in [0.717, 1.165) is 5.92 Å². The van der Waals surface area contributed by atoms with Crippen molar-refractivity contribution in [3.05, 3.63) is 12.7 Å². The van der Waals surface area contributed by atoms with Crippen LogP contribution in [0.4, 0.5) is 0 Å². The first-order chi connectivity index (χ1) is 4.25. The van der Waals surface area contributed by atoms with Crippen molar-refractivity contribution in [2.45, 2.75) is 25.8 Å². The second-order valence-electron chi connectivity index (χ2n) is 3.01. The minimum absolute atomic E-state index is 0.220. The van der Waals surface area contributed by atoms with E-state index in [4.69, 9.17) is 5.73 Å². The maximum Gasteiger partial charge on any atom is 0.0249 e. The molecule has 52 valence electrons. The fraction of sp³-hybridized carbons (Fsp3) is 0.750. The quantitative estimate of drug-likeness (QED) is 0.569. The van der Waals surface area contributed by atoms with E-state index in [1.54, 1.807) is 0 Å². The lowest BCUT2D eigenvalue weighted by molar-refractivity contribution is 0.459. The molecule has 0 aliphatic heterocycles. The summed E-state index contributed by atoms with van der Waals surface area (Å²) in [7, 11) is 0. The lowest BCUT2D eigenvalue weighted by Crippen LogP contribution is -2.26. The van der Waals surface area contributed by atoms with Crippen molar-refractivity contribution in [1.82, 2.24) is 0 Å². The third kappa shape index (κ3) is 1.55. The first-order valence-corrected chi connectivity index (χ1v) is 3.64. The molecule has 9 heavy (non-hydrogen) atoms. The first-order valence-electron chi connectivity index (χ1n) is 3.64. The van der Waals surface area contributed by atoms with Gasteiger partial charge >= 0.3 is 0 Å². The fourth-order valence-electron chi connectivity index (χ4n) is 1.15. The molecule has 1 aliphatic carbocycles. The molecule has 2 unspecified atom stereocenters. The van der Waals surface area contributed by atoms with Gasteiger partial charge in [0.25, 0.3) is 0 Å². The number of nitrogens with two attached hydrogens (primary N) is 1. The summed E-state index contributed by atoms with van der Waals surface area (Å²) in [5, 5.41) is 0. The molecular weight excluding hydrogens is 110 g/mol. The van der Waals surface area contributed by atoms with Crippen LogP contribution in [0.3, 0.4) is 0 Å². The maximum atomic E-state index is 5.74. The van der Waals surface area contributed by atoms with Crippen LogP contribution >= 0.6 is 0 Å². The molecule has 0 radical (unpaired) electrons. The Labute approximate surface area is 56.9 Å². The van der Waals surface area contributed by atoms with Gasteiger partial charge in [0.15, 0.2) is 0 Å². The van der Waals surface area contributed by atoms with Crippen molar-refractivity contribution < 1.29 is 0 Å². The summed E-state index contributed by atoms with van der Waals surface area (Å²) in [4.78, 5) is 0. The van der Waals surface area contributed by atoms with Gasteiger partial charge in [-0.3, -0.25) is 0 Å². The van der Waals surface area contributed by atoms with Crippen LogP contribution in [0.5, 0.6) is 0 Å². The van der Waals surface area contributed by atoms with E-state index in [1.165, 1.54) is 12.8 Å². The number of hydrogen-bond donors (Lipinski definition) is 1. The highest BCUT2D eigenvalue weighted by atomic mass is 14.6. The van der Waals surface area contributed by atoms with Crippen LogP contribution in [0, 0.1) is 11.8 Å². The van der Waals surface area contributed by atoms with Gasteiger partial charge in [-0.25, -0.2) is 0 Å². The summed E-state index contributed by atoms with van der Waals surface area (Å²) in [6, 6.07) is 0.220. The largest absolute Gasteiger partial charge is 0.324 e. The van der Waals surface area contributed by atoms with Gasteiger partial charge in [0.2, 0.25) is 0 Å². The van der Waals surface area contributed by atoms with Crippen LogP contribution in [-0.2, 0) is 0 Å². The molecular formula is C8H15N. The highest BCUT2D eigenvalue weighted by Gasteiger charge is 2.30. The van der Waals surface area contributed by atoms with E-state index in [2.05, 4.69) is 13.5 Å². The van der Waals surface area contributed by atoms with Crippen LogP contribution in [0.25, 0.3) is 0 Å². The molecule has 0 spiro atoms. The van der Waals surface area contributed by atoms with E-state index in [1.807, 2.05) is 6.08 Å². The van der Waals surface area contributed by atoms with Crippen molar-refractivity contribution in [1.29, 1.82) is 0 Å². The highest BCUT2D eigenvalue weighted by molar-refractivity contribution is 4.93. The fourth-order valence-corrected chi connectivity index (χ4v) is 1.15. The predicted octanol–water partition coefficient (Wildman–Crippen LogP) is 1.55. The molecule has 0 amide bonds. The van der Waals surface area contributed by atoms with E-state index in [-0.39, 0.29) is 6.04 Å². The average molecular weight is 125 g/mol. The van der Waals surface area contributed by atoms with Gasteiger partial charge in [0, 0.05) is 6.04 Å². The van der Waals surface area contributed by atoms with Crippen molar-refractivity contribution in [3.8, 4) is 0 Å². The molecule has 0 aromatic rings. The zero-order valence-corrected chi connectivity index (χ0v) is 6.01. The van der Waals surface area contributed by atoms with E-state index in [0.29, 0.717) is 5.92 Å². The average Bonchev–Trinajstić information content (AvgIpc) is 2.66. The minimum Gasteiger partial charge on any atom is -0.324 e. The van der Waals surface area contributed by atoms with Crippen molar-refractivity contribution in [3.63, 3.8) is 0 Å². The van der Waals surface area contributed by atoms with Crippen molar-refractivity contribution >= 4 is 0 Å². The molecule has 1 fully saturated rings. The summed E-state index contributed by atoms with van der Waals surface area (Å²) in [6.07, 6.45) is 4.61. The molecule has 1 saturated carbocycles. The summed E-state index contributed by atoms with van der Waals surface area (Å²) in [5.41, 5.74) is 5.74. The Balaban J connectivity index is 2.30. The Kier molecular flexibility index (Phi) is 1.91. The van der Waals surface area contributed by atoms with Gasteiger partial charge in [0.1, 0.15) is 0 Å². The standard InChI is InChI=1S/C8H15N/c1-3-8(9)6(2)7-4-5-7/h3,6-8H,1,4-5,9H2,2H3. The summed E-state index contributed by atoms with van der Waals surface area (Å²) >= 11 is 0. The topological polar surface area (TPSA) is 26.0 Å². The Hall–Kier alpha value is -0.300. The van der Waals surface area contributed by atoms with Gasteiger partial charge in [-0.1, -0.05) is 13.0 Å². The molecule has 0 heterocycles. The van der Waals surface area contributed by atoms with Crippen LogP contribution in [-0.4, -0.2) is 6.04 Å². The lowest BCUT2D eigenvalue weighted by Gasteiger charge is -2.14. The summed E-state index contributed by atoms with van der Waals surface area (Å²) < 4.78 is 0. The van der Waals surface area contributed by atoms with Crippen LogP contribution in [0.15, 0.2) is 12.7 Å². The molecule has 0 saturated heterocycles. The number of hydrogen-bond acceptors (Lipinski definition) is 1. The van der Waals surface area contributed by atoms with E-state index >= 15 is 0 Å². The molecule has 0 aromatic carbocycles. The first kappa shape index (κ1) is 6.81. The molecule has 0 bridgehead atoms. The monoisotopic (exact) mass is 125 g/mol. The lowest BCUT2D eigenvalue weighted by atomic mass is 9.98. The smallest absolute Gasteiger partial charge is 0.0249 e. The van der Waals surface area contributed by atoms with Crippen LogP contribution in [0.1, 0.15) is 19.8 Å². The maximum absolute atomic E-state index is 5.74. The molecule has 0 aromatic heterocycles. The van der Waals surface area contributed by atoms with E-state index in [9.17, 15) is 0 Å². The number of rotatable bonds is 3. The Morgan fingerprint density at radius 3 is 2.56 bits per heavy atom. The van der Waals surface area contributed by atoms with Crippen LogP contribution < -0.4 is 5.73 Å². The third-order valence-corrected chi connectivity index (χ3v) is 2.24. The SMILES string of the molecule is C=CC(N)C(C)C1CC1. The van der Waals surface area contributed by atoms with Gasteiger partial charge in [-0.2, -0.15) is 0 Å². The zero-order chi connectivity index (χ0) is 6.85. The Morgan fingerprint density at radius 1 is 1.67 bits per heavy atom. The Bertz CT molecular complexity index is 105. The van der Waals surface area contributed by atoms with Gasteiger partial charge < -0.3 is 5.73 Å². The second-order valence-corrected chi connectivity index (χ2v) is 3.01. The highest BCUT2D eigenvalue weighted by Crippen LogP contribution is 2.37. The van der Waals surface area contributed by atoms with Crippen LogP contribution in [0.2, 0.25) is 0 Å². The summed E-state index contributed by atoms with van der Waals surface area (Å²) in [5.74, 6) is 1.56. The van der Waals surface area contributed by atoms with E-state index < -0.39 is 0 Å². The minimum atomic E-state index is 0.220. The second kappa shape index (κ2) is 2.53. The molecule has 1 aliphatic rings. The molecule has 1 nitrogen and oxygen atoms in total. The van der Waals surface area contributed by atoms with Crippen molar-refractivity contribution in [2.75, 3.05) is 0 Å². The molecule has 2 N–H and O–H groups in total. The summed E-state index contributed by atoms with van der Waals surface area (Å²) in [6.45, 7) is 5.88. The third-order valence-electron chi connectivity index (χ3n) is 2.24. The van der Waals surface area contributed by atoms with Gasteiger partial charge in [0.05, 0.1) is 0 Å². The molecule has 1 rings (SSSR count).